The fraction of sp³-hybridized carbons (Fsp3) is 0.812. The lowest BCUT2D eigenvalue weighted by Gasteiger charge is -2.32. The number of nitrogens with one attached hydrogen (secondary N) is 2. The SMILES string of the molecule is CNCC1CCN(C(=O)CN2C(=O)NC3(CCCC3)C2=O)CC1.Cl. The highest BCUT2D eigenvalue weighted by atomic mass is 35.5. The van der Waals surface area contributed by atoms with E-state index in [1.165, 1.54) is 0 Å². The molecule has 24 heavy (non-hydrogen) atoms. The van der Waals surface area contributed by atoms with Crippen molar-refractivity contribution in [2.75, 3.05) is 33.2 Å². The Morgan fingerprint density at radius 2 is 1.88 bits per heavy atom. The second-order valence-electron chi connectivity index (χ2n) is 6.99. The van der Waals surface area contributed by atoms with Crippen LogP contribution in [0.1, 0.15) is 38.5 Å². The maximum Gasteiger partial charge on any atom is 0.325 e. The van der Waals surface area contributed by atoms with E-state index in [4.69, 9.17) is 0 Å². The summed E-state index contributed by atoms with van der Waals surface area (Å²) >= 11 is 0. The molecule has 0 unspecified atom stereocenters. The van der Waals surface area contributed by atoms with Crippen molar-refractivity contribution in [1.29, 1.82) is 0 Å². The molecule has 7 nitrogen and oxygen atoms in total. The molecule has 2 aliphatic heterocycles. The lowest BCUT2D eigenvalue weighted by Crippen LogP contribution is -2.48. The molecule has 0 aromatic heterocycles. The van der Waals surface area contributed by atoms with Gasteiger partial charge in [0.1, 0.15) is 12.1 Å². The monoisotopic (exact) mass is 358 g/mol. The van der Waals surface area contributed by atoms with Crippen LogP contribution in [0.2, 0.25) is 0 Å². The Labute approximate surface area is 148 Å². The molecule has 0 radical (unpaired) electrons. The van der Waals surface area contributed by atoms with Crippen LogP contribution in [0.15, 0.2) is 0 Å². The Hall–Kier alpha value is -1.34. The first-order valence-electron chi connectivity index (χ1n) is 8.62. The number of hydrogen-bond acceptors (Lipinski definition) is 4. The third-order valence-corrected chi connectivity index (χ3v) is 5.46. The van der Waals surface area contributed by atoms with Gasteiger partial charge in [0, 0.05) is 13.1 Å². The van der Waals surface area contributed by atoms with Crippen molar-refractivity contribution in [1.82, 2.24) is 20.4 Å². The Bertz CT molecular complexity index is 500. The maximum absolute atomic E-state index is 12.6. The van der Waals surface area contributed by atoms with Gasteiger partial charge in [-0.3, -0.25) is 14.5 Å². The fourth-order valence-corrected chi connectivity index (χ4v) is 4.05. The van der Waals surface area contributed by atoms with Crippen LogP contribution >= 0.6 is 12.4 Å². The summed E-state index contributed by atoms with van der Waals surface area (Å²) in [4.78, 5) is 40.0. The van der Waals surface area contributed by atoms with Gasteiger partial charge in [-0.2, -0.15) is 0 Å². The normalized spacial score (nSPS) is 23.5. The van der Waals surface area contributed by atoms with Gasteiger partial charge in [0.15, 0.2) is 0 Å². The summed E-state index contributed by atoms with van der Waals surface area (Å²) in [6, 6.07) is -0.407. The second kappa shape index (κ2) is 7.70. The number of rotatable bonds is 4. The quantitative estimate of drug-likeness (QED) is 0.726. The minimum absolute atomic E-state index is 0. The Morgan fingerprint density at radius 3 is 2.46 bits per heavy atom. The Morgan fingerprint density at radius 1 is 1.25 bits per heavy atom. The highest BCUT2D eigenvalue weighted by Crippen LogP contribution is 2.35. The second-order valence-corrected chi connectivity index (χ2v) is 6.99. The summed E-state index contributed by atoms with van der Waals surface area (Å²) in [5, 5.41) is 5.99. The van der Waals surface area contributed by atoms with Crippen molar-refractivity contribution in [2.24, 2.45) is 5.92 Å². The molecule has 8 heteroatoms. The zero-order chi connectivity index (χ0) is 16.4. The van der Waals surface area contributed by atoms with Crippen LogP contribution in [0.4, 0.5) is 4.79 Å². The molecule has 1 saturated carbocycles. The number of carbonyl (C=O) groups excluding carboxylic acids is 3. The number of carbonyl (C=O) groups is 3. The Kier molecular flexibility index (Phi) is 6.09. The van der Waals surface area contributed by atoms with Gasteiger partial charge in [-0.05, 0) is 45.2 Å². The van der Waals surface area contributed by atoms with Crippen LogP contribution in [0, 0.1) is 5.92 Å². The number of nitrogens with zero attached hydrogens (tertiary/aromatic N) is 2. The molecular weight excluding hydrogens is 332 g/mol. The van der Waals surface area contributed by atoms with Crippen molar-refractivity contribution in [3.8, 4) is 0 Å². The van der Waals surface area contributed by atoms with E-state index < -0.39 is 11.6 Å². The summed E-state index contributed by atoms with van der Waals surface area (Å²) in [5.74, 6) is 0.271. The average molecular weight is 359 g/mol. The van der Waals surface area contributed by atoms with Gasteiger partial charge in [-0.15, -0.1) is 12.4 Å². The van der Waals surface area contributed by atoms with E-state index in [1.54, 1.807) is 4.90 Å². The molecule has 1 aliphatic carbocycles. The molecule has 0 atom stereocenters. The number of likely N-dealkylation sites (tertiary alicyclic amines) is 1. The minimum Gasteiger partial charge on any atom is -0.341 e. The summed E-state index contributed by atoms with van der Waals surface area (Å²) in [7, 11) is 1.94. The van der Waals surface area contributed by atoms with Crippen molar-refractivity contribution >= 4 is 30.3 Å². The zero-order valence-corrected chi connectivity index (χ0v) is 15.0. The zero-order valence-electron chi connectivity index (χ0n) is 14.2. The molecule has 0 bridgehead atoms. The molecule has 2 N–H and O–H groups in total. The van der Waals surface area contributed by atoms with E-state index >= 15 is 0 Å². The number of imide groups is 1. The number of piperidine rings is 1. The number of urea groups is 1. The molecule has 2 heterocycles. The van der Waals surface area contributed by atoms with E-state index in [1.807, 2.05) is 7.05 Å². The largest absolute Gasteiger partial charge is 0.341 e. The van der Waals surface area contributed by atoms with Crippen LogP contribution in [-0.2, 0) is 9.59 Å². The van der Waals surface area contributed by atoms with Gasteiger partial charge in [-0.25, -0.2) is 4.79 Å². The van der Waals surface area contributed by atoms with Crippen molar-refractivity contribution < 1.29 is 14.4 Å². The first-order chi connectivity index (χ1) is 11.1. The summed E-state index contributed by atoms with van der Waals surface area (Å²) in [6.07, 6.45) is 5.22. The topological polar surface area (TPSA) is 81.8 Å². The fourth-order valence-electron chi connectivity index (χ4n) is 4.05. The molecule has 136 valence electrons. The first kappa shape index (κ1) is 19.0. The molecule has 2 saturated heterocycles. The molecule has 3 fully saturated rings. The minimum atomic E-state index is -0.725. The molecule has 0 aromatic carbocycles. The lowest BCUT2D eigenvalue weighted by atomic mass is 9.96. The number of halogens is 1. The van der Waals surface area contributed by atoms with Crippen LogP contribution in [0.3, 0.4) is 0 Å². The van der Waals surface area contributed by atoms with Gasteiger partial charge in [0.2, 0.25) is 5.91 Å². The molecule has 3 rings (SSSR count). The van der Waals surface area contributed by atoms with Gasteiger partial charge in [0.25, 0.3) is 5.91 Å². The summed E-state index contributed by atoms with van der Waals surface area (Å²) < 4.78 is 0. The molecule has 3 aliphatic rings. The van der Waals surface area contributed by atoms with Gasteiger partial charge >= 0.3 is 6.03 Å². The maximum atomic E-state index is 12.6. The van der Waals surface area contributed by atoms with Crippen LogP contribution < -0.4 is 10.6 Å². The predicted octanol–water partition coefficient (Wildman–Crippen LogP) is 0.731. The van der Waals surface area contributed by atoms with E-state index in [-0.39, 0.29) is 30.8 Å². The van der Waals surface area contributed by atoms with Crippen molar-refractivity contribution in [3.63, 3.8) is 0 Å². The number of amides is 4. The molecule has 1 spiro atoms. The van der Waals surface area contributed by atoms with Gasteiger partial charge in [0.05, 0.1) is 0 Å². The smallest absolute Gasteiger partial charge is 0.325 e. The van der Waals surface area contributed by atoms with Gasteiger partial charge < -0.3 is 15.5 Å². The highest BCUT2D eigenvalue weighted by molar-refractivity contribution is 6.09. The highest BCUT2D eigenvalue weighted by Gasteiger charge is 2.52. The molecule has 4 amide bonds. The van der Waals surface area contributed by atoms with E-state index in [0.717, 1.165) is 37.1 Å². The lowest BCUT2D eigenvalue weighted by molar-refractivity contribution is -0.139. The van der Waals surface area contributed by atoms with E-state index in [0.29, 0.717) is 31.8 Å². The van der Waals surface area contributed by atoms with Crippen LogP contribution in [0.5, 0.6) is 0 Å². The van der Waals surface area contributed by atoms with Crippen molar-refractivity contribution in [2.45, 2.75) is 44.1 Å². The van der Waals surface area contributed by atoms with E-state index in [2.05, 4.69) is 10.6 Å². The summed E-state index contributed by atoms with van der Waals surface area (Å²) in [6.45, 7) is 2.26. The van der Waals surface area contributed by atoms with E-state index in [9.17, 15) is 14.4 Å². The molecule has 0 aromatic rings. The van der Waals surface area contributed by atoms with Crippen molar-refractivity contribution in [3.05, 3.63) is 0 Å². The number of hydrogen-bond donors (Lipinski definition) is 2. The van der Waals surface area contributed by atoms with Gasteiger partial charge in [-0.1, -0.05) is 12.8 Å². The molecular formula is C16H27ClN4O3. The predicted molar refractivity (Wildman–Crippen MR) is 91.9 cm³/mol. The third-order valence-electron chi connectivity index (χ3n) is 5.46. The average Bonchev–Trinajstić information content (AvgIpc) is 3.10. The van der Waals surface area contributed by atoms with Crippen LogP contribution in [-0.4, -0.2) is 66.4 Å². The third kappa shape index (κ3) is 3.52. The Balaban J connectivity index is 0.00000208. The first-order valence-corrected chi connectivity index (χ1v) is 8.62. The standard InChI is InChI=1S/C16H26N4O3.ClH/c1-17-10-12-4-8-19(9-5-12)13(21)11-20-14(22)16(18-15(20)23)6-2-3-7-16;/h12,17H,2-11H2,1H3,(H,18,23);1H. The van der Waals surface area contributed by atoms with Crippen LogP contribution in [0.25, 0.3) is 0 Å². The summed E-state index contributed by atoms with van der Waals surface area (Å²) in [5.41, 5.74) is -0.725.